The molecule has 3 heteroatoms. The third kappa shape index (κ3) is 4.52. The maximum atomic E-state index is 5.67. The number of ether oxygens (including phenoxy) is 1. The van der Waals surface area contributed by atoms with Crippen molar-refractivity contribution in [3.63, 3.8) is 0 Å². The number of benzene rings is 1. The Balaban J connectivity index is 1.64. The van der Waals surface area contributed by atoms with Gasteiger partial charge >= 0.3 is 0 Å². The second kappa shape index (κ2) is 6.82. The third-order valence-electron chi connectivity index (χ3n) is 2.87. The molecular weight excluding hydrogens is 278 g/mol. The minimum absolute atomic E-state index is 0.631. The summed E-state index contributed by atoms with van der Waals surface area (Å²) in [5.74, 6) is 0.921. The lowest BCUT2D eigenvalue weighted by Gasteiger charge is -2.19. The number of nitrogens with one attached hydrogen (secondary N) is 1. The van der Waals surface area contributed by atoms with Gasteiger partial charge in [0.25, 0.3) is 0 Å². The lowest BCUT2D eigenvalue weighted by Crippen LogP contribution is -2.33. The van der Waals surface area contributed by atoms with Gasteiger partial charge in [-0.1, -0.05) is 34.1 Å². The maximum absolute atomic E-state index is 5.67. The van der Waals surface area contributed by atoms with Crippen molar-refractivity contribution in [3.05, 3.63) is 40.9 Å². The van der Waals surface area contributed by atoms with Gasteiger partial charge in [-0.05, 0) is 37.5 Å². The van der Waals surface area contributed by atoms with E-state index in [1.54, 1.807) is 0 Å². The lowest BCUT2D eigenvalue weighted by atomic mass is 10.0. The molecule has 2 rings (SSSR count). The van der Waals surface area contributed by atoms with Crippen molar-refractivity contribution in [2.24, 2.45) is 0 Å². The van der Waals surface area contributed by atoms with E-state index in [1.807, 2.05) is 24.3 Å². The summed E-state index contributed by atoms with van der Waals surface area (Å²) in [6.45, 7) is 1.63. The summed E-state index contributed by atoms with van der Waals surface area (Å²) in [4.78, 5) is 0. The topological polar surface area (TPSA) is 21.3 Å². The molecule has 1 aliphatic rings. The Hall–Kier alpha value is -0.800. The number of allylic oxidation sites excluding steroid dienone is 1. The van der Waals surface area contributed by atoms with Crippen LogP contribution in [0.2, 0.25) is 0 Å². The van der Waals surface area contributed by atoms with Crippen LogP contribution in [0.4, 0.5) is 0 Å². The quantitative estimate of drug-likeness (QED) is 0.663. The molecule has 1 aromatic rings. The first kappa shape index (κ1) is 12.7. The SMILES string of the molecule is Brc1cccc(OCCNC2CC=CCC2)c1. The van der Waals surface area contributed by atoms with Crippen LogP contribution in [0.1, 0.15) is 19.3 Å². The number of rotatable bonds is 5. The molecule has 0 bridgehead atoms. The van der Waals surface area contributed by atoms with Gasteiger partial charge in [0.1, 0.15) is 12.4 Å². The fourth-order valence-electron chi connectivity index (χ4n) is 1.97. The van der Waals surface area contributed by atoms with Crippen LogP contribution >= 0.6 is 15.9 Å². The van der Waals surface area contributed by atoms with Gasteiger partial charge in [-0.3, -0.25) is 0 Å². The molecule has 1 aliphatic carbocycles. The van der Waals surface area contributed by atoms with Gasteiger partial charge < -0.3 is 10.1 Å². The van der Waals surface area contributed by atoms with E-state index in [0.29, 0.717) is 6.04 Å². The number of hydrogen-bond donors (Lipinski definition) is 1. The van der Waals surface area contributed by atoms with Gasteiger partial charge in [-0.25, -0.2) is 0 Å². The molecule has 0 fully saturated rings. The summed E-state index contributed by atoms with van der Waals surface area (Å²) in [5.41, 5.74) is 0. The van der Waals surface area contributed by atoms with Crippen LogP contribution in [-0.4, -0.2) is 19.2 Å². The van der Waals surface area contributed by atoms with Crippen molar-refractivity contribution in [2.45, 2.75) is 25.3 Å². The third-order valence-corrected chi connectivity index (χ3v) is 3.36. The van der Waals surface area contributed by atoms with Gasteiger partial charge in [0.05, 0.1) is 0 Å². The summed E-state index contributed by atoms with van der Waals surface area (Å²) < 4.78 is 6.72. The molecule has 0 aliphatic heterocycles. The van der Waals surface area contributed by atoms with E-state index in [-0.39, 0.29) is 0 Å². The van der Waals surface area contributed by atoms with Crippen LogP contribution < -0.4 is 10.1 Å². The highest BCUT2D eigenvalue weighted by Gasteiger charge is 2.07. The lowest BCUT2D eigenvalue weighted by molar-refractivity contribution is 0.301. The van der Waals surface area contributed by atoms with Crippen LogP contribution in [0, 0.1) is 0 Å². The average molecular weight is 296 g/mol. The summed E-state index contributed by atoms with van der Waals surface area (Å²) in [7, 11) is 0. The highest BCUT2D eigenvalue weighted by molar-refractivity contribution is 9.10. The molecule has 0 saturated heterocycles. The van der Waals surface area contributed by atoms with Crippen LogP contribution in [0.5, 0.6) is 5.75 Å². The zero-order chi connectivity index (χ0) is 11.9. The highest BCUT2D eigenvalue weighted by Crippen LogP contribution is 2.17. The summed E-state index contributed by atoms with van der Waals surface area (Å²) >= 11 is 3.43. The van der Waals surface area contributed by atoms with E-state index in [1.165, 1.54) is 12.8 Å². The Morgan fingerprint density at radius 1 is 1.35 bits per heavy atom. The van der Waals surface area contributed by atoms with Gasteiger partial charge in [0.15, 0.2) is 0 Å². The van der Waals surface area contributed by atoms with Crippen molar-refractivity contribution in [2.75, 3.05) is 13.2 Å². The van der Waals surface area contributed by atoms with E-state index < -0.39 is 0 Å². The maximum Gasteiger partial charge on any atom is 0.120 e. The average Bonchev–Trinajstić information content (AvgIpc) is 2.36. The van der Waals surface area contributed by atoms with E-state index in [4.69, 9.17) is 4.74 Å². The molecule has 0 spiro atoms. The van der Waals surface area contributed by atoms with Crippen molar-refractivity contribution in [3.8, 4) is 5.75 Å². The van der Waals surface area contributed by atoms with E-state index in [0.717, 1.165) is 29.8 Å². The van der Waals surface area contributed by atoms with Crippen LogP contribution in [0.15, 0.2) is 40.9 Å². The Labute approximate surface area is 111 Å². The normalized spacial score (nSPS) is 19.2. The molecule has 1 unspecified atom stereocenters. The van der Waals surface area contributed by atoms with Crippen LogP contribution in [-0.2, 0) is 0 Å². The number of hydrogen-bond acceptors (Lipinski definition) is 2. The fraction of sp³-hybridized carbons (Fsp3) is 0.429. The molecule has 0 heterocycles. The number of halogens is 1. The molecule has 92 valence electrons. The van der Waals surface area contributed by atoms with E-state index >= 15 is 0 Å². The Bertz CT molecular complexity index is 378. The molecule has 1 N–H and O–H groups in total. The molecule has 0 aromatic heterocycles. The zero-order valence-corrected chi connectivity index (χ0v) is 11.4. The fourth-order valence-corrected chi connectivity index (χ4v) is 2.35. The summed E-state index contributed by atoms with van der Waals surface area (Å²) in [6.07, 6.45) is 8.11. The van der Waals surface area contributed by atoms with Crippen LogP contribution in [0.25, 0.3) is 0 Å². The summed E-state index contributed by atoms with van der Waals surface area (Å²) in [6, 6.07) is 8.58. The monoisotopic (exact) mass is 295 g/mol. The van der Waals surface area contributed by atoms with Crippen LogP contribution in [0.3, 0.4) is 0 Å². The molecule has 1 aromatic carbocycles. The summed E-state index contributed by atoms with van der Waals surface area (Å²) in [5, 5.41) is 3.52. The first-order chi connectivity index (χ1) is 8.34. The smallest absolute Gasteiger partial charge is 0.120 e. The van der Waals surface area contributed by atoms with Crippen molar-refractivity contribution >= 4 is 15.9 Å². The first-order valence-electron chi connectivity index (χ1n) is 6.11. The minimum atomic E-state index is 0.631. The molecule has 0 radical (unpaired) electrons. The predicted molar refractivity (Wildman–Crippen MR) is 74.4 cm³/mol. The molecule has 17 heavy (non-hydrogen) atoms. The Morgan fingerprint density at radius 3 is 3.06 bits per heavy atom. The van der Waals surface area contributed by atoms with Gasteiger partial charge in [-0.2, -0.15) is 0 Å². The molecule has 1 atom stereocenters. The molecular formula is C14H18BrNO. The minimum Gasteiger partial charge on any atom is -0.492 e. The molecule has 2 nitrogen and oxygen atoms in total. The standard InChI is InChI=1S/C14H18BrNO/c15-12-5-4-8-14(11-12)17-10-9-16-13-6-2-1-3-7-13/h1-2,4-5,8,11,13,16H,3,6-7,9-10H2. The Morgan fingerprint density at radius 2 is 2.29 bits per heavy atom. The second-order valence-electron chi connectivity index (χ2n) is 4.24. The Kier molecular flexibility index (Phi) is 5.08. The largest absolute Gasteiger partial charge is 0.492 e. The van der Waals surface area contributed by atoms with Gasteiger partial charge in [-0.15, -0.1) is 0 Å². The second-order valence-corrected chi connectivity index (χ2v) is 5.16. The molecule has 0 saturated carbocycles. The first-order valence-corrected chi connectivity index (χ1v) is 6.90. The predicted octanol–water partition coefficient (Wildman–Crippen LogP) is 3.53. The van der Waals surface area contributed by atoms with Gasteiger partial charge in [0.2, 0.25) is 0 Å². The zero-order valence-electron chi connectivity index (χ0n) is 9.86. The van der Waals surface area contributed by atoms with E-state index in [2.05, 4.69) is 33.4 Å². The van der Waals surface area contributed by atoms with E-state index in [9.17, 15) is 0 Å². The van der Waals surface area contributed by atoms with Crippen molar-refractivity contribution < 1.29 is 4.74 Å². The molecule has 0 amide bonds. The van der Waals surface area contributed by atoms with Gasteiger partial charge in [0, 0.05) is 17.1 Å². The van der Waals surface area contributed by atoms with Crippen molar-refractivity contribution in [1.29, 1.82) is 0 Å². The van der Waals surface area contributed by atoms with Crippen molar-refractivity contribution in [1.82, 2.24) is 5.32 Å². The highest BCUT2D eigenvalue weighted by atomic mass is 79.9.